The summed E-state index contributed by atoms with van der Waals surface area (Å²) in [5.74, 6) is 5.55. The van der Waals surface area contributed by atoms with Crippen LogP contribution in [0.4, 0.5) is 24.8 Å². The number of aromatic nitrogens is 1. The number of hydrazine groups is 1. The number of alkyl halides is 3. The monoisotopic (exact) mass is 306 g/mol. The summed E-state index contributed by atoms with van der Waals surface area (Å²) in [4.78, 5) is 6.02. The smallest absolute Gasteiger partial charge is 0.354 e. The first-order chi connectivity index (χ1) is 9.29. The predicted molar refractivity (Wildman–Crippen MR) is 75.8 cm³/mol. The van der Waals surface area contributed by atoms with Gasteiger partial charge in [0.2, 0.25) is 0 Å². The van der Waals surface area contributed by atoms with Crippen molar-refractivity contribution in [3.63, 3.8) is 0 Å². The standard InChI is InChI=1S/C12H17F3N4S/c1-7-5-19(6-8(2)20-7)11-4-9(12(13,14)15)3-10(17-11)18-16/h3-4,7-8H,5-6,16H2,1-2H3,(H,17,18). The molecule has 1 aliphatic heterocycles. The van der Waals surface area contributed by atoms with Crippen molar-refractivity contribution in [1.29, 1.82) is 0 Å². The van der Waals surface area contributed by atoms with Crippen molar-refractivity contribution in [2.45, 2.75) is 30.5 Å². The number of nitrogens with two attached hydrogens (primary N) is 1. The quantitative estimate of drug-likeness (QED) is 0.650. The first kappa shape index (κ1) is 15.2. The second-order valence-electron chi connectivity index (χ2n) is 4.90. The van der Waals surface area contributed by atoms with Gasteiger partial charge >= 0.3 is 6.18 Å². The van der Waals surface area contributed by atoms with Gasteiger partial charge in [-0.25, -0.2) is 10.8 Å². The number of nitrogens with zero attached hydrogens (tertiary/aromatic N) is 2. The first-order valence-corrected chi connectivity index (χ1v) is 7.20. The van der Waals surface area contributed by atoms with Gasteiger partial charge in [0.15, 0.2) is 0 Å². The lowest BCUT2D eigenvalue weighted by atomic mass is 10.2. The number of halogens is 3. The van der Waals surface area contributed by atoms with Crippen molar-refractivity contribution in [3.8, 4) is 0 Å². The molecule has 112 valence electrons. The van der Waals surface area contributed by atoms with Gasteiger partial charge in [-0.3, -0.25) is 0 Å². The van der Waals surface area contributed by atoms with Crippen molar-refractivity contribution in [2.24, 2.45) is 5.84 Å². The van der Waals surface area contributed by atoms with Gasteiger partial charge in [0.1, 0.15) is 11.6 Å². The zero-order valence-electron chi connectivity index (χ0n) is 11.2. The van der Waals surface area contributed by atoms with Gasteiger partial charge in [-0.15, -0.1) is 0 Å². The van der Waals surface area contributed by atoms with E-state index in [4.69, 9.17) is 5.84 Å². The Morgan fingerprint density at radius 3 is 2.40 bits per heavy atom. The SMILES string of the molecule is CC1CN(c2cc(C(F)(F)F)cc(NN)n2)CC(C)S1. The van der Waals surface area contributed by atoms with Crippen LogP contribution in [-0.2, 0) is 6.18 Å². The maximum atomic E-state index is 12.9. The van der Waals surface area contributed by atoms with E-state index in [0.717, 1.165) is 12.1 Å². The number of nitrogen functional groups attached to an aromatic ring is 1. The molecule has 1 saturated heterocycles. The Bertz CT molecular complexity index is 470. The zero-order valence-corrected chi connectivity index (χ0v) is 12.1. The Morgan fingerprint density at radius 2 is 1.90 bits per heavy atom. The summed E-state index contributed by atoms with van der Waals surface area (Å²) >= 11 is 1.83. The molecule has 0 bridgehead atoms. The Labute approximate surface area is 119 Å². The highest BCUT2D eigenvalue weighted by Crippen LogP contribution is 2.34. The second kappa shape index (κ2) is 5.69. The molecule has 0 spiro atoms. The summed E-state index contributed by atoms with van der Waals surface area (Å²) in [5, 5.41) is 0.703. The average Bonchev–Trinajstić information content (AvgIpc) is 2.36. The van der Waals surface area contributed by atoms with Gasteiger partial charge in [0.25, 0.3) is 0 Å². The molecular weight excluding hydrogens is 289 g/mol. The Hall–Kier alpha value is -1.15. The van der Waals surface area contributed by atoms with E-state index in [0.29, 0.717) is 29.4 Å². The molecule has 4 nitrogen and oxygen atoms in total. The maximum Gasteiger partial charge on any atom is 0.416 e. The van der Waals surface area contributed by atoms with E-state index < -0.39 is 11.7 Å². The fourth-order valence-corrected chi connectivity index (χ4v) is 3.61. The van der Waals surface area contributed by atoms with Gasteiger partial charge in [-0.1, -0.05) is 13.8 Å². The fraction of sp³-hybridized carbons (Fsp3) is 0.583. The molecule has 0 saturated carbocycles. The molecule has 8 heteroatoms. The van der Waals surface area contributed by atoms with E-state index in [2.05, 4.69) is 24.3 Å². The summed E-state index contributed by atoms with van der Waals surface area (Å²) < 4.78 is 38.7. The molecule has 0 aliphatic carbocycles. The lowest BCUT2D eigenvalue weighted by Gasteiger charge is -2.35. The number of anilines is 2. The highest BCUT2D eigenvalue weighted by Gasteiger charge is 2.33. The van der Waals surface area contributed by atoms with Crippen molar-refractivity contribution < 1.29 is 13.2 Å². The number of nitrogens with one attached hydrogen (secondary N) is 1. The summed E-state index contributed by atoms with van der Waals surface area (Å²) in [6.07, 6.45) is -4.41. The maximum absolute atomic E-state index is 12.9. The third-order valence-corrected chi connectivity index (χ3v) is 4.26. The van der Waals surface area contributed by atoms with Gasteiger partial charge in [0, 0.05) is 23.6 Å². The van der Waals surface area contributed by atoms with Crippen molar-refractivity contribution in [1.82, 2.24) is 4.98 Å². The lowest BCUT2D eigenvalue weighted by Crippen LogP contribution is -2.41. The molecular formula is C12H17F3N4S. The Morgan fingerprint density at radius 1 is 1.30 bits per heavy atom. The van der Waals surface area contributed by atoms with E-state index in [9.17, 15) is 13.2 Å². The van der Waals surface area contributed by atoms with Crippen molar-refractivity contribution >= 4 is 23.4 Å². The predicted octanol–water partition coefficient (Wildman–Crippen LogP) is 2.72. The Kier molecular flexibility index (Phi) is 4.33. The van der Waals surface area contributed by atoms with E-state index in [1.54, 1.807) is 0 Å². The highest BCUT2D eigenvalue weighted by molar-refractivity contribution is 8.00. The van der Waals surface area contributed by atoms with Crippen LogP contribution >= 0.6 is 11.8 Å². The summed E-state index contributed by atoms with van der Waals surface area (Å²) in [7, 11) is 0. The van der Waals surface area contributed by atoms with Crippen LogP contribution in [0.25, 0.3) is 0 Å². The van der Waals surface area contributed by atoms with Gasteiger partial charge < -0.3 is 10.3 Å². The van der Waals surface area contributed by atoms with Crippen LogP contribution in [0.5, 0.6) is 0 Å². The van der Waals surface area contributed by atoms with Crippen molar-refractivity contribution in [2.75, 3.05) is 23.4 Å². The van der Waals surface area contributed by atoms with Crippen LogP contribution in [0.1, 0.15) is 19.4 Å². The topological polar surface area (TPSA) is 54.2 Å². The third kappa shape index (κ3) is 3.49. The van der Waals surface area contributed by atoms with Gasteiger partial charge in [-0.05, 0) is 12.1 Å². The van der Waals surface area contributed by atoms with Crippen LogP contribution in [0.15, 0.2) is 12.1 Å². The largest absolute Gasteiger partial charge is 0.416 e. The molecule has 2 unspecified atom stereocenters. The molecule has 0 aromatic carbocycles. The molecule has 3 N–H and O–H groups in total. The van der Waals surface area contributed by atoms with Crippen molar-refractivity contribution in [3.05, 3.63) is 17.7 Å². The number of thioether (sulfide) groups is 1. The molecule has 1 aliphatic rings. The summed E-state index contributed by atoms with van der Waals surface area (Å²) in [6.45, 7) is 5.46. The first-order valence-electron chi connectivity index (χ1n) is 6.26. The second-order valence-corrected chi connectivity index (χ2v) is 6.79. The van der Waals surface area contributed by atoms with E-state index in [-0.39, 0.29) is 5.82 Å². The third-order valence-electron chi connectivity index (χ3n) is 3.03. The van der Waals surface area contributed by atoms with E-state index in [1.807, 2.05) is 16.7 Å². The lowest BCUT2D eigenvalue weighted by molar-refractivity contribution is -0.137. The minimum Gasteiger partial charge on any atom is -0.354 e. The van der Waals surface area contributed by atoms with Crippen LogP contribution in [0.3, 0.4) is 0 Å². The molecule has 1 aromatic heterocycles. The number of pyridine rings is 1. The number of hydrogen-bond acceptors (Lipinski definition) is 5. The number of hydrogen-bond donors (Lipinski definition) is 2. The summed E-state index contributed by atoms with van der Waals surface area (Å²) in [6, 6.07) is 1.99. The molecule has 2 atom stereocenters. The molecule has 0 amide bonds. The molecule has 0 radical (unpaired) electrons. The van der Waals surface area contributed by atoms with E-state index >= 15 is 0 Å². The van der Waals surface area contributed by atoms with Crippen LogP contribution in [-0.4, -0.2) is 28.6 Å². The highest BCUT2D eigenvalue weighted by atomic mass is 32.2. The molecule has 20 heavy (non-hydrogen) atoms. The average molecular weight is 306 g/mol. The van der Waals surface area contributed by atoms with Crippen LogP contribution < -0.4 is 16.2 Å². The molecule has 2 rings (SSSR count). The van der Waals surface area contributed by atoms with Crippen LogP contribution in [0, 0.1) is 0 Å². The molecule has 2 heterocycles. The fourth-order valence-electron chi connectivity index (χ4n) is 2.28. The molecule has 1 aromatic rings. The molecule has 1 fully saturated rings. The minimum atomic E-state index is -4.41. The minimum absolute atomic E-state index is 0.0216. The van der Waals surface area contributed by atoms with Gasteiger partial charge in [-0.2, -0.15) is 24.9 Å². The van der Waals surface area contributed by atoms with Crippen LogP contribution in [0.2, 0.25) is 0 Å². The number of rotatable bonds is 2. The summed E-state index contributed by atoms with van der Waals surface area (Å²) in [5.41, 5.74) is 1.46. The Balaban J connectivity index is 2.35. The van der Waals surface area contributed by atoms with E-state index in [1.165, 1.54) is 0 Å². The van der Waals surface area contributed by atoms with Gasteiger partial charge in [0.05, 0.1) is 5.56 Å². The normalized spacial score (nSPS) is 23.8. The zero-order chi connectivity index (χ0) is 14.9.